The Morgan fingerprint density at radius 1 is 1.32 bits per heavy atom. The topological polar surface area (TPSA) is 38.1 Å². The molecule has 2 aliphatic rings. The molecule has 5 heteroatoms. The largest absolute Gasteiger partial charge is 0.337 e. The molecule has 0 aromatic carbocycles. The number of rotatable bonds is 2. The summed E-state index contributed by atoms with van der Waals surface area (Å²) < 4.78 is 1.92. The monoisotopic (exact) mass is 317 g/mol. The van der Waals surface area contributed by atoms with E-state index in [1.165, 1.54) is 19.3 Å². The predicted octanol–water partition coefficient (Wildman–Crippen LogP) is 3.63. The van der Waals surface area contributed by atoms with Crippen LogP contribution in [0.5, 0.6) is 0 Å². The Balaban J connectivity index is 1.64. The van der Waals surface area contributed by atoms with E-state index >= 15 is 0 Å². The van der Waals surface area contributed by atoms with Gasteiger partial charge in [-0.2, -0.15) is 5.10 Å². The minimum Gasteiger partial charge on any atom is -0.337 e. The SMILES string of the molecule is CC(C)c1nn(C)c2sc(C(=O)N3C[C@H]4CCC[C@@H]4C3)cc12. The van der Waals surface area contributed by atoms with Crippen LogP contribution in [-0.4, -0.2) is 33.7 Å². The second-order valence-electron chi connectivity index (χ2n) is 7.15. The molecular formula is C17H23N3OS. The number of hydrogen-bond acceptors (Lipinski definition) is 3. The van der Waals surface area contributed by atoms with Gasteiger partial charge in [-0.05, 0) is 36.7 Å². The number of thiophene rings is 1. The fourth-order valence-electron chi connectivity index (χ4n) is 4.15. The second kappa shape index (κ2) is 5.08. The lowest BCUT2D eigenvalue weighted by Crippen LogP contribution is -2.28. The quantitative estimate of drug-likeness (QED) is 0.848. The maximum absolute atomic E-state index is 12.8. The highest BCUT2D eigenvalue weighted by Crippen LogP contribution is 2.39. The third-order valence-corrected chi connectivity index (χ3v) is 6.50. The van der Waals surface area contributed by atoms with Crippen molar-refractivity contribution in [1.82, 2.24) is 14.7 Å². The van der Waals surface area contributed by atoms with Crippen LogP contribution in [0.1, 0.15) is 54.4 Å². The van der Waals surface area contributed by atoms with Gasteiger partial charge in [0.1, 0.15) is 4.83 Å². The summed E-state index contributed by atoms with van der Waals surface area (Å²) in [5, 5.41) is 5.75. The van der Waals surface area contributed by atoms with Crippen molar-refractivity contribution in [3.05, 3.63) is 16.6 Å². The van der Waals surface area contributed by atoms with Crippen LogP contribution in [-0.2, 0) is 7.05 Å². The van der Waals surface area contributed by atoms with Gasteiger partial charge in [-0.3, -0.25) is 9.48 Å². The first-order chi connectivity index (χ1) is 10.5. The van der Waals surface area contributed by atoms with Gasteiger partial charge < -0.3 is 4.90 Å². The molecule has 1 aliphatic carbocycles. The number of likely N-dealkylation sites (tertiary alicyclic amines) is 1. The molecular weight excluding hydrogens is 294 g/mol. The third-order valence-electron chi connectivity index (χ3n) is 5.31. The Kier molecular flexibility index (Phi) is 3.29. The molecule has 0 bridgehead atoms. The molecule has 4 nitrogen and oxygen atoms in total. The van der Waals surface area contributed by atoms with Crippen LogP contribution in [0, 0.1) is 11.8 Å². The van der Waals surface area contributed by atoms with E-state index in [0.29, 0.717) is 5.92 Å². The van der Waals surface area contributed by atoms with E-state index in [4.69, 9.17) is 0 Å². The number of amides is 1. The molecule has 0 unspecified atom stereocenters. The van der Waals surface area contributed by atoms with Gasteiger partial charge in [-0.1, -0.05) is 20.3 Å². The van der Waals surface area contributed by atoms with Crippen molar-refractivity contribution in [2.24, 2.45) is 18.9 Å². The first-order valence-electron chi connectivity index (χ1n) is 8.30. The summed E-state index contributed by atoms with van der Waals surface area (Å²) in [6.07, 6.45) is 3.97. The molecule has 2 atom stereocenters. The molecule has 22 heavy (non-hydrogen) atoms. The highest BCUT2D eigenvalue weighted by Gasteiger charge is 2.38. The number of carbonyl (C=O) groups excluding carboxylic acids is 1. The molecule has 4 rings (SSSR count). The van der Waals surface area contributed by atoms with Gasteiger partial charge in [-0.25, -0.2) is 0 Å². The van der Waals surface area contributed by atoms with Crippen molar-refractivity contribution < 1.29 is 4.79 Å². The standard InChI is InChI=1S/C17H23N3OS/c1-10(2)15-13-7-14(22-17(13)19(3)18-15)16(21)20-8-11-5-4-6-12(11)9-20/h7,10-12H,4-6,8-9H2,1-3H3/t11-,12-/m1/s1. The van der Waals surface area contributed by atoms with E-state index in [0.717, 1.165) is 45.7 Å². The Morgan fingerprint density at radius 3 is 2.64 bits per heavy atom. The summed E-state index contributed by atoms with van der Waals surface area (Å²) in [4.78, 5) is 16.9. The van der Waals surface area contributed by atoms with E-state index < -0.39 is 0 Å². The average molecular weight is 317 g/mol. The Hall–Kier alpha value is -1.36. The van der Waals surface area contributed by atoms with Gasteiger partial charge in [0.05, 0.1) is 10.6 Å². The van der Waals surface area contributed by atoms with Gasteiger partial charge >= 0.3 is 0 Å². The predicted molar refractivity (Wildman–Crippen MR) is 89.4 cm³/mol. The van der Waals surface area contributed by atoms with Crippen molar-refractivity contribution in [1.29, 1.82) is 0 Å². The number of nitrogens with zero attached hydrogens (tertiary/aromatic N) is 3. The van der Waals surface area contributed by atoms with E-state index in [2.05, 4.69) is 29.9 Å². The number of aromatic nitrogens is 2. The number of aryl methyl sites for hydroxylation is 1. The second-order valence-corrected chi connectivity index (χ2v) is 8.18. The summed E-state index contributed by atoms with van der Waals surface area (Å²) in [6.45, 7) is 6.24. The van der Waals surface area contributed by atoms with E-state index in [9.17, 15) is 4.79 Å². The molecule has 0 spiro atoms. The maximum Gasteiger partial charge on any atom is 0.264 e. The van der Waals surface area contributed by atoms with Gasteiger partial charge in [0.2, 0.25) is 0 Å². The lowest BCUT2D eigenvalue weighted by molar-refractivity contribution is 0.0785. The lowest BCUT2D eigenvalue weighted by Gasteiger charge is -2.16. The summed E-state index contributed by atoms with van der Waals surface area (Å²) in [5.74, 6) is 2.12. The third kappa shape index (κ3) is 2.09. The zero-order valence-electron chi connectivity index (χ0n) is 13.5. The molecule has 2 aromatic rings. The van der Waals surface area contributed by atoms with Crippen molar-refractivity contribution >= 4 is 27.5 Å². The van der Waals surface area contributed by atoms with Crippen molar-refractivity contribution in [2.75, 3.05) is 13.1 Å². The Morgan fingerprint density at radius 2 is 2.00 bits per heavy atom. The van der Waals surface area contributed by atoms with Crippen molar-refractivity contribution in [3.8, 4) is 0 Å². The van der Waals surface area contributed by atoms with Gasteiger partial charge in [-0.15, -0.1) is 11.3 Å². The van der Waals surface area contributed by atoms with Gasteiger partial charge in [0, 0.05) is 25.5 Å². The van der Waals surface area contributed by atoms with E-state index in [1.807, 2.05) is 11.7 Å². The van der Waals surface area contributed by atoms with Crippen molar-refractivity contribution in [3.63, 3.8) is 0 Å². The molecule has 3 heterocycles. The first-order valence-corrected chi connectivity index (χ1v) is 9.12. The van der Waals surface area contributed by atoms with Crippen LogP contribution in [0.2, 0.25) is 0 Å². The molecule has 0 radical (unpaired) electrons. The van der Waals surface area contributed by atoms with Gasteiger partial charge in [0.25, 0.3) is 5.91 Å². The Labute approximate surface area is 135 Å². The van der Waals surface area contributed by atoms with E-state index in [-0.39, 0.29) is 5.91 Å². The molecule has 2 aromatic heterocycles. The molecule has 1 amide bonds. The summed E-state index contributed by atoms with van der Waals surface area (Å²) >= 11 is 1.59. The number of carbonyl (C=O) groups is 1. The Bertz CT molecular complexity index is 718. The minimum absolute atomic E-state index is 0.227. The summed E-state index contributed by atoms with van der Waals surface area (Å²) in [5.41, 5.74) is 1.10. The zero-order chi connectivity index (χ0) is 15.4. The van der Waals surface area contributed by atoms with Crippen LogP contribution in [0.25, 0.3) is 10.2 Å². The molecule has 118 valence electrons. The van der Waals surface area contributed by atoms with Crippen LogP contribution in [0.15, 0.2) is 6.07 Å². The maximum atomic E-state index is 12.8. The zero-order valence-corrected chi connectivity index (χ0v) is 14.3. The lowest BCUT2D eigenvalue weighted by atomic mass is 10.0. The van der Waals surface area contributed by atoms with Crippen LogP contribution >= 0.6 is 11.3 Å². The number of hydrogen-bond donors (Lipinski definition) is 0. The summed E-state index contributed by atoms with van der Waals surface area (Å²) in [7, 11) is 1.97. The highest BCUT2D eigenvalue weighted by atomic mass is 32.1. The van der Waals surface area contributed by atoms with Gasteiger partial charge in [0.15, 0.2) is 0 Å². The highest BCUT2D eigenvalue weighted by molar-refractivity contribution is 7.20. The van der Waals surface area contributed by atoms with Crippen LogP contribution in [0.4, 0.5) is 0 Å². The fourth-order valence-corrected chi connectivity index (χ4v) is 5.20. The molecule has 0 N–H and O–H groups in total. The minimum atomic E-state index is 0.227. The van der Waals surface area contributed by atoms with Crippen LogP contribution in [0.3, 0.4) is 0 Å². The first kappa shape index (κ1) is 14.2. The smallest absolute Gasteiger partial charge is 0.264 e. The van der Waals surface area contributed by atoms with Crippen LogP contribution < -0.4 is 0 Å². The summed E-state index contributed by atoms with van der Waals surface area (Å²) in [6, 6.07) is 2.07. The normalized spacial score (nSPS) is 24.6. The molecule has 2 fully saturated rings. The number of fused-ring (bicyclic) bond motifs is 2. The van der Waals surface area contributed by atoms with E-state index in [1.54, 1.807) is 11.3 Å². The fraction of sp³-hybridized carbons (Fsp3) is 0.647. The molecule has 1 saturated carbocycles. The van der Waals surface area contributed by atoms with Crippen molar-refractivity contribution in [2.45, 2.75) is 39.0 Å². The average Bonchev–Trinajstić information content (AvgIpc) is 3.17. The molecule has 1 aliphatic heterocycles. The molecule has 1 saturated heterocycles.